The standard InChI is InChI=1S/C24H17N3O6/c1-13(20-25-19-7-3-2-6-17(19)21(28)26-20)33-24(31)14-8-9-16-18(11-14)23(30)27(22(16)29)12-15-5-4-10-32-15/h2-11,13H,12H2,1H3,(H,25,26,28). The summed E-state index contributed by atoms with van der Waals surface area (Å²) in [6, 6.07) is 14.4. The summed E-state index contributed by atoms with van der Waals surface area (Å²) in [6.07, 6.45) is 0.608. The summed E-state index contributed by atoms with van der Waals surface area (Å²) >= 11 is 0. The lowest BCUT2D eigenvalue weighted by molar-refractivity contribution is 0.0319. The van der Waals surface area contributed by atoms with Crippen molar-refractivity contribution in [3.63, 3.8) is 0 Å². The van der Waals surface area contributed by atoms with Crippen LogP contribution in [0.15, 0.2) is 70.1 Å². The summed E-state index contributed by atoms with van der Waals surface area (Å²) < 4.78 is 10.7. The molecule has 33 heavy (non-hydrogen) atoms. The molecule has 0 bridgehead atoms. The Morgan fingerprint density at radius 3 is 2.64 bits per heavy atom. The van der Waals surface area contributed by atoms with E-state index in [4.69, 9.17) is 9.15 Å². The van der Waals surface area contributed by atoms with Crippen LogP contribution in [0, 0.1) is 0 Å². The number of para-hydroxylation sites is 1. The zero-order chi connectivity index (χ0) is 23.1. The summed E-state index contributed by atoms with van der Waals surface area (Å²) in [4.78, 5) is 58.5. The monoisotopic (exact) mass is 443 g/mol. The maximum Gasteiger partial charge on any atom is 0.338 e. The number of nitrogens with one attached hydrogen (secondary N) is 1. The SMILES string of the molecule is CC(OC(=O)c1ccc2c(c1)C(=O)N(Cc1ccco1)C2=O)c1nc2ccccc2c(=O)[nH]1. The fraction of sp³-hybridized carbons (Fsp3) is 0.125. The van der Waals surface area contributed by atoms with Gasteiger partial charge in [-0.25, -0.2) is 9.78 Å². The number of hydrogen-bond acceptors (Lipinski definition) is 7. The summed E-state index contributed by atoms with van der Waals surface area (Å²) in [7, 11) is 0. The van der Waals surface area contributed by atoms with E-state index in [0.717, 1.165) is 4.90 Å². The van der Waals surface area contributed by atoms with Crippen molar-refractivity contribution in [2.45, 2.75) is 19.6 Å². The number of aromatic amines is 1. The van der Waals surface area contributed by atoms with Gasteiger partial charge in [0.15, 0.2) is 11.9 Å². The lowest BCUT2D eigenvalue weighted by Gasteiger charge is -2.13. The molecular formula is C24H17N3O6. The predicted molar refractivity (Wildman–Crippen MR) is 116 cm³/mol. The maximum atomic E-state index is 12.8. The molecule has 0 spiro atoms. The quantitative estimate of drug-likeness (QED) is 0.371. The van der Waals surface area contributed by atoms with Crippen LogP contribution in [0.4, 0.5) is 0 Å². The first kappa shape index (κ1) is 20.4. The van der Waals surface area contributed by atoms with Crippen LogP contribution in [-0.2, 0) is 11.3 Å². The number of hydrogen-bond donors (Lipinski definition) is 1. The minimum absolute atomic E-state index is 0.00282. The van der Waals surface area contributed by atoms with Crippen LogP contribution >= 0.6 is 0 Å². The molecule has 1 aliphatic rings. The van der Waals surface area contributed by atoms with Crippen molar-refractivity contribution in [1.82, 2.24) is 14.9 Å². The van der Waals surface area contributed by atoms with E-state index in [1.165, 1.54) is 24.5 Å². The van der Waals surface area contributed by atoms with Gasteiger partial charge in [0.05, 0.1) is 40.4 Å². The predicted octanol–water partition coefficient (Wildman–Crippen LogP) is 3.23. The molecule has 4 aromatic rings. The number of esters is 1. The van der Waals surface area contributed by atoms with Gasteiger partial charge in [0.25, 0.3) is 17.4 Å². The zero-order valence-corrected chi connectivity index (χ0v) is 17.4. The lowest BCUT2D eigenvalue weighted by Crippen LogP contribution is -2.28. The minimum atomic E-state index is -0.851. The van der Waals surface area contributed by atoms with Crippen molar-refractivity contribution in [3.8, 4) is 0 Å². The van der Waals surface area contributed by atoms with Crippen LogP contribution in [0.1, 0.15) is 55.7 Å². The Bertz CT molecular complexity index is 1470. The number of nitrogens with zero attached hydrogens (tertiary/aromatic N) is 2. The Morgan fingerprint density at radius 2 is 1.85 bits per heavy atom. The zero-order valence-electron chi connectivity index (χ0n) is 17.4. The highest BCUT2D eigenvalue weighted by Crippen LogP contribution is 2.27. The van der Waals surface area contributed by atoms with Gasteiger partial charge < -0.3 is 14.1 Å². The van der Waals surface area contributed by atoms with Gasteiger partial charge in [-0.1, -0.05) is 12.1 Å². The molecule has 0 saturated carbocycles. The lowest BCUT2D eigenvalue weighted by atomic mass is 10.1. The molecule has 3 heterocycles. The molecule has 164 valence electrons. The molecule has 1 aliphatic heterocycles. The average Bonchev–Trinajstić information content (AvgIpc) is 3.42. The van der Waals surface area contributed by atoms with Crippen LogP contribution < -0.4 is 5.56 Å². The highest BCUT2D eigenvalue weighted by atomic mass is 16.5. The van der Waals surface area contributed by atoms with Crippen LogP contribution in [0.2, 0.25) is 0 Å². The van der Waals surface area contributed by atoms with Gasteiger partial charge >= 0.3 is 5.97 Å². The molecule has 5 rings (SSSR count). The molecular weight excluding hydrogens is 426 g/mol. The summed E-state index contributed by atoms with van der Waals surface area (Å²) in [5.74, 6) is -1.03. The number of carbonyl (C=O) groups excluding carboxylic acids is 3. The number of furan rings is 1. The Kier molecular flexibility index (Phi) is 4.86. The molecule has 1 atom stereocenters. The first-order chi connectivity index (χ1) is 15.9. The number of rotatable bonds is 5. The second-order valence-corrected chi connectivity index (χ2v) is 7.55. The van der Waals surface area contributed by atoms with E-state index in [0.29, 0.717) is 16.7 Å². The van der Waals surface area contributed by atoms with E-state index in [1.54, 1.807) is 43.3 Å². The largest absolute Gasteiger partial charge is 0.467 e. The van der Waals surface area contributed by atoms with Gasteiger partial charge in [-0.2, -0.15) is 0 Å². The molecule has 0 aliphatic carbocycles. The number of carbonyl (C=O) groups is 3. The van der Waals surface area contributed by atoms with E-state index in [9.17, 15) is 19.2 Å². The molecule has 9 heteroatoms. The molecule has 0 saturated heterocycles. The first-order valence-corrected chi connectivity index (χ1v) is 10.1. The number of fused-ring (bicyclic) bond motifs is 2. The van der Waals surface area contributed by atoms with E-state index >= 15 is 0 Å². The van der Waals surface area contributed by atoms with Crippen molar-refractivity contribution in [3.05, 3.63) is 99.5 Å². The molecule has 0 fully saturated rings. The normalized spacial score (nSPS) is 13.9. The smallest absolute Gasteiger partial charge is 0.338 e. The number of imide groups is 1. The average molecular weight is 443 g/mol. The Labute approximate surface area is 186 Å². The number of ether oxygens (including phenoxy) is 1. The van der Waals surface area contributed by atoms with E-state index < -0.39 is 23.9 Å². The van der Waals surface area contributed by atoms with Crippen LogP contribution in [0.5, 0.6) is 0 Å². The number of H-pyrrole nitrogens is 1. The second-order valence-electron chi connectivity index (χ2n) is 7.55. The van der Waals surface area contributed by atoms with Crippen LogP contribution in [0.25, 0.3) is 10.9 Å². The van der Waals surface area contributed by atoms with Gasteiger partial charge in [-0.15, -0.1) is 0 Å². The van der Waals surface area contributed by atoms with Crippen LogP contribution in [0.3, 0.4) is 0 Å². The van der Waals surface area contributed by atoms with Gasteiger partial charge in [0, 0.05) is 0 Å². The maximum absolute atomic E-state index is 12.8. The highest BCUT2D eigenvalue weighted by molar-refractivity contribution is 6.21. The first-order valence-electron chi connectivity index (χ1n) is 10.1. The highest BCUT2D eigenvalue weighted by Gasteiger charge is 2.36. The van der Waals surface area contributed by atoms with Gasteiger partial charge in [0.1, 0.15) is 5.76 Å². The van der Waals surface area contributed by atoms with Crippen molar-refractivity contribution in [2.75, 3.05) is 0 Å². The second kappa shape index (κ2) is 7.86. The Morgan fingerprint density at radius 1 is 1.06 bits per heavy atom. The molecule has 9 nitrogen and oxygen atoms in total. The van der Waals surface area contributed by atoms with Gasteiger partial charge in [-0.05, 0) is 49.4 Å². The molecule has 1 unspecified atom stereocenters. The topological polar surface area (TPSA) is 123 Å². The van der Waals surface area contributed by atoms with Crippen molar-refractivity contribution in [2.24, 2.45) is 0 Å². The fourth-order valence-electron chi connectivity index (χ4n) is 3.70. The Hall–Kier alpha value is -4.53. The van der Waals surface area contributed by atoms with E-state index in [1.807, 2.05) is 0 Å². The fourth-order valence-corrected chi connectivity index (χ4v) is 3.70. The molecule has 1 N–H and O–H groups in total. The number of benzene rings is 2. The van der Waals surface area contributed by atoms with Crippen molar-refractivity contribution in [1.29, 1.82) is 0 Å². The van der Waals surface area contributed by atoms with Gasteiger partial charge in [0.2, 0.25) is 0 Å². The number of aromatic nitrogens is 2. The molecule has 2 amide bonds. The third-order valence-electron chi connectivity index (χ3n) is 5.40. The summed E-state index contributed by atoms with van der Waals surface area (Å²) in [6.45, 7) is 1.58. The van der Waals surface area contributed by atoms with Gasteiger partial charge in [-0.3, -0.25) is 19.3 Å². The molecule has 2 aromatic carbocycles. The molecule has 0 radical (unpaired) electrons. The summed E-state index contributed by atoms with van der Waals surface area (Å²) in [5.41, 5.74) is 0.571. The van der Waals surface area contributed by atoms with Crippen molar-refractivity contribution >= 4 is 28.7 Å². The van der Waals surface area contributed by atoms with E-state index in [2.05, 4.69) is 9.97 Å². The van der Waals surface area contributed by atoms with E-state index in [-0.39, 0.29) is 34.6 Å². The van der Waals surface area contributed by atoms with Crippen LogP contribution in [-0.4, -0.2) is 32.7 Å². The minimum Gasteiger partial charge on any atom is -0.467 e. The molecule has 2 aromatic heterocycles. The third kappa shape index (κ3) is 3.59. The summed E-state index contributed by atoms with van der Waals surface area (Å²) in [5, 5.41) is 0.431. The van der Waals surface area contributed by atoms with Crippen molar-refractivity contribution < 1.29 is 23.5 Å². The third-order valence-corrected chi connectivity index (χ3v) is 5.40. The number of amides is 2. The Balaban J connectivity index is 1.37.